The maximum atomic E-state index is 13.1. The highest BCUT2D eigenvalue weighted by Gasteiger charge is 2.26. The second-order valence-electron chi connectivity index (χ2n) is 5.87. The smallest absolute Gasteiger partial charge is 0.303 e. The average Bonchev–Trinajstić information content (AvgIpc) is 2.70. The molecule has 130 valence electrons. The molecule has 0 fully saturated rings. The molecule has 0 radical (unpaired) electrons. The Morgan fingerprint density at radius 2 is 1.88 bits per heavy atom. The van der Waals surface area contributed by atoms with Crippen LogP contribution in [0, 0.1) is 0 Å². The van der Waals surface area contributed by atoms with Gasteiger partial charge in [-0.15, -0.1) is 0 Å². The highest BCUT2D eigenvalue weighted by atomic mass is 35.5. The normalized spacial score (nSPS) is 13.2. The standard InChI is InChI=1S/C19H18ClNO3S/c20-13-9-10-17-15(12-13)21(11-5-1-2-8-18(22)23)19(24)14-6-3-4-7-16(14)25-17/h3-4,6-7,9-10,12H,1-2,5,8,11H2,(H,22,23). The predicted octanol–water partition coefficient (Wildman–Crippen LogP) is 5.10. The van der Waals surface area contributed by atoms with Crippen LogP contribution in [0.3, 0.4) is 0 Å². The number of carboxylic acid groups (broad SMARTS) is 1. The fraction of sp³-hybridized carbons (Fsp3) is 0.263. The van der Waals surface area contributed by atoms with E-state index >= 15 is 0 Å². The van der Waals surface area contributed by atoms with Crippen molar-refractivity contribution in [2.45, 2.75) is 35.5 Å². The van der Waals surface area contributed by atoms with Gasteiger partial charge in [-0.25, -0.2) is 0 Å². The number of fused-ring (bicyclic) bond motifs is 2. The molecule has 1 N–H and O–H groups in total. The van der Waals surface area contributed by atoms with E-state index in [2.05, 4.69) is 0 Å². The van der Waals surface area contributed by atoms with Crippen molar-refractivity contribution < 1.29 is 14.7 Å². The van der Waals surface area contributed by atoms with Gasteiger partial charge in [0.2, 0.25) is 0 Å². The minimum Gasteiger partial charge on any atom is -0.481 e. The maximum absolute atomic E-state index is 13.1. The van der Waals surface area contributed by atoms with E-state index in [1.807, 2.05) is 42.5 Å². The van der Waals surface area contributed by atoms with Gasteiger partial charge in [0.05, 0.1) is 11.3 Å². The largest absolute Gasteiger partial charge is 0.481 e. The molecule has 0 saturated heterocycles. The SMILES string of the molecule is O=C(O)CCCCCN1C(=O)c2ccccc2Sc2ccc(Cl)cc21. The predicted molar refractivity (Wildman–Crippen MR) is 99.8 cm³/mol. The minimum atomic E-state index is -0.784. The molecule has 1 amide bonds. The molecule has 25 heavy (non-hydrogen) atoms. The number of hydrogen-bond donors (Lipinski definition) is 1. The lowest BCUT2D eigenvalue weighted by atomic mass is 10.1. The highest BCUT2D eigenvalue weighted by Crippen LogP contribution is 2.42. The van der Waals surface area contributed by atoms with Crippen molar-refractivity contribution in [3.8, 4) is 0 Å². The molecule has 0 aromatic heterocycles. The van der Waals surface area contributed by atoms with E-state index in [0.29, 0.717) is 23.6 Å². The molecule has 0 atom stereocenters. The fourth-order valence-corrected chi connectivity index (χ4v) is 4.06. The Kier molecular flexibility index (Phi) is 5.66. The van der Waals surface area contributed by atoms with Crippen LogP contribution in [-0.2, 0) is 4.79 Å². The monoisotopic (exact) mass is 375 g/mol. The van der Waals surface area contributed by atoms with E-state index in [0.717, 1.165) is 28.3 Å². The Balaban J connectivity index is 1.85. The van der Waals surface area contributed by atoms with E-state index in [1.165, 1.54) is 0 Å². The zero-order valence-corrected chi connectivity index (χ0v) is 15.1. The van der Waals surface area contributed by atoms with Crippen LogP contribution in [0.4, 0.5) is 5.69 Å². The van der Waals surface area contributed by atoms with Gasteiger partial charge >= 0.3 is 5.97 Å². The number of carbonyl (C=O) groups excluding carboxylic acids is 1. The lowest BCUT2D eigenvalue weighted by Gasteiger charge is -2.23. The summed E-state index contributed by atoms with van der Waals surface area (Å²) in [7, 11) is 0. The molecule has 0 saturated carbocycles. The number of anilines is 1. The number of carboxylic acids is 1. The molecule has 0 aliphatic carbocycles. The van der Waals surface area contributed by atoms with Gasteiger partial charge in [-0.05, 0) is 43.2 Å². The van der Waals surface area contributed by atoms with Crippen LogP contribution in [0.1, 0.15) is 36.0 Å². The van der Waals surface area contributed by atoms with Gasteiger partial charge < -0.3 is 10.0 Å². The average molecular weight is 376 g/mol. The maximum Gasteiger partial charge on any atom is 0.303 e. The summed E-state index contributed by atoms with van der Waals surface area (Å²) in [5.74, 6) is -0.823. The first-order valence-electron chi connectivity index (χ1n) is 8.16. The van der Waals surface area contributed by atoms with Gasteiger partial charge in [0.25, 0.3) is 5.91 Å². The zero-order chi connectivity index (χ0) is 17.8. The zero-order valence-electron chi connectivity index (χ0n) is 13.6. The summed E-state index contributed by atoms with van der Waals surface area (Å²) in [4.78, 5) is 27.4. The van der Waals surface area contributed by atoms with Crippen LogP contribution in [0.5, 0.6) is 0 Å². The first-order valence-corrected chi connectivity index (χ1v) is 9.36. The molecule has 0 spiro atoms. The molecular weight excluding hydrogens is 358 g/mol. The summed E-state index contributed by atoms with van der Waals surface area (Å²) in [6, 6.07) is 13.2. The number of halogens is 1. The van der Waals surface area contributed by atoms with Crippen LogP contribution in [-0.4, -0.2) is 23.5 Å². The lowest BCUT2D eigenvalue weighted by molar-refractivity contribution is -0.137. The second-order valence-corrected chi connectivity index (χ2v) is 7.39. The van der Waals surface area contributed by atoms with E-state index in [1.54, 1.807) is 16.7 Å². The van der Waals surface area contributed by atoms with Crippen molar-refractivity contribution in [2.24, 2.45) is 0 Å². The quantitative estimate of drug-likeness (QED) is 0.714. The van der Waals surface area contributed by atoms with Gasteiger partial charge in [-0.1, -0.05) is 41.9 Å². The number of aliphatic carboxylic acids is 1. The van der Waals surface area contributed by atoms with E-state index in [-0.39, 0.29) is 12.3 Å². The number of unbranched alkanes of at least 4 members (excludes halogenated alkanes) is 2. The summed E-state index contributed by atoms with van der Waals surface area (Å²) >= 11 is 7.73. The van der Waals surface area contributed by atoms with Crippen molar-refractivity contribution >= 4 is 40.9 Å². The molecule has 2 aromatic rings. The third-order valence-corrected chi connectivity index (χ3v) is 5.44. The third-order valence-electron chi connectivity index (χ3n) is 4.07. The molecule has 4 nitrogen and oxygen atoms in total. The van der Waals surface area contributed by atoms with Crippen molar-refractivity contribution in [1.82, 2.24) is 0 Å². The lowest BCUT2D eigenvalue weighted by Crippen LogP contribution is -2.31. The van der Waals surface area contributed by atoms with Crippen LogP contribution < -0.4 is 4.90 Å². The molecular formula is C19H18ClNO3S. The van der Waals surface area contributed by atoms with Crippen LogP contribution in [0.25, 0.3) is 0 Å². The Morgan fingerprint density at radius 1 is 1.08 bits per heavy atom. The fourth-order valence-electron chi connectivity index (χ4n) is 2.84. The second kappa shape index (κ2) is 7.93. The van der Waals surface area contributed by atoms with Gasteiger partial charge in [-0.2, -0.15) is 0 Å². The summed E-state index contributed by atoms with van der Waals surface area (Å²) in [6.45, 7) is 0.542. The van der Waals surface area contributed by atoms with Gasteiger partial charge in [0.1, 0.15) is 0 Å². The molecule has 6 heteroatoms. The Labute approximate surface area is 155 Å². The van der Waals surface area contributed by atoms with Crippen molar-refractivity contribution in [3.05, 3.63) is 53.1 Å². The van der Waals surface area contributed by atoms with Crippen molar-refractivity contribution in [3.63, 3.8) is 0 Å². The molecule has 1 heterocycles. The molecule has 0 bridgehead atoms. The Hall–Kier alpha value is -1.98. The summed E-state index contributed by atoms with van der Waals surface area (Å²) in [5.41, 5.74) is 1.50. The van der Waals surface area contributed by atoms with Gasteiger partial charge in [-0.3, -0.25) is 9.59 Å². The van der Waals surface area contributed by atoms with E-state index in [4.69, 9.17) is 16.7 Å². The Bertz CT molecular complexity index is 809. The summed E-state index contributed by atoms with van der Waals surface area (Å²) < 4.78 is 0. The highest BCUT2D eigenvalue weighted by molar-refractivity contribution is 7.99. The first kappa shape index (κ1) is 17.8. The Morgan fingerprint density at radius 3 is 2.68 bits per heavy atom. The van der Waals surface area contributed by atoms with Crippen LogP contribution in [0.15, 0.2) is 52.3 Å². The topological polar surface area (TPSA) is 57.6 Å². The molecule has 2 aromatic carbocycles. The summed E-state index contributed by atoms with van der Waals surface area (Å²) in [6.07, 6.45) is 2.29. The first-order chi connectivity index (χ1) is 12.1. The number of nitrogens with zero attached hydrogens (tertiary/aromatic N) is 1. The number of carbonyl (C=O) groups is 2. The van der Waals surface area contributed by atoms with E-state index in [9.17, 15) is 9.59 Å². The van der Waals surface area contributed by atoms with Crippen LogP contribution >= 0.6 is 23.4 Å². The van der Waals surface area contributed by atoms with Crippen molar-refractivity contribution in [1.29, 1.82) is 0 Å². The number of amides is 1. The molecule has 3 rings (SSSR count). The number of rotatable bonds is 6. The number of benzene rings is 2. The third kappa shape index (κ3) is 4.17. The van der Waals surface area contributed by atoms with Gasteiger partial charge in [0.15, 0.2) is 0 Å². The molecule has 1 aliphatic heterocycles. The van der Waals surface area contributed by atoms with E-state index < -0.39 is 5.97 Å². The van der Waals surface area contributed by atoms with Crippen LogP contribution in [0.2, 0.25) is 5.02 Å². The van der Waals surface area contributed by atoms with Gasteiger partial charge in [0, 0.05) is 27.8 Å². The van der Waals surface area contributed by atoms with Crippen molar-refractivity contribution in [2.75, 3.05) is 11.4 Å². The summed E-state index contributed by atoms with van der Waals surface area (Å²) in [5, 5.41) is 9.32. The minimum absolute atomic E-state index is 0.0395. The number of hydrogen-bond acceptors (Lipinski definition) is 3. The molecule has 1 aliphatic rings. The molecule has 0 unspecified atom stereocenters.